The van der Waals surface area contributed by atoms with Gasteiger partial charge in [-0.15, -0.1) is 0 Å². The zero-order chi connectivity index (χ0) is 15.8. The van der Waals surface area contributed by atoms with Gasteiger partial charge in [0.05, 0.1) is 22.5 Å². The summed E-state index contributed by atoms with van der Waals surface area (Å²) in [4.78, 5) is 23.0. The molecule has 3 nitrogen and oxygen atoms in total. The highest BCUT2D eigenvalue weighted by atomic mass is 16.1. The lowest BCUT2D eigenvalue weighted by Gasteiger charge is -2.39. The van der Waals surface area contributed by atoms with Crippen LogP contribution >= 0.6 is 0 Å². The molecule has 112 valence electrons. The summed E-state index contributed by atoms with van der Waals surface area (Å²) in [7, 11) is 0. The molecule has 2 heterocycles. The number of ketones is 1. The lowest BCUT2D eigenvalue weighted by molar-refractivity contribution is -0.116. The van der Waals surface area contributed by atoms with Crippen LogP contribution in [0.5, 0.6) is 0 Å². The van der Waals surface area contributed by atoms with E-state index in [9.17, 15) is 4.79 Å². The van der Waals surface area contributed by atoms with Crippen LogP contribution in [0.2, 0.25) is 0 Å². The average Bonchev–Trinajstić information content (AvgIpc) is 3.02. The van der Waals surface area contributed by atoms with Gasteiger partial charge in [-0.3, -0.25) is 9.79 Å². The van der Waals surface area contributed by atoms with Crippen molar-refractivity contribution in [2.45, 2.75) is 31.1 Å². The maximum atomic E-state index is 13.4. The van der Waals surface area contributed by atoms with Crippen LogP contribution in [0.25, 0.3) is 0 Å². The van der Waals surface area contributed by atoms with Gasteiger partial charge in [-0.25, -0.2) is 4.99 Å². The molecule has 0 amide bonds. The van der Waals surface area contributed by atoms with Crippen molar-refractivity contribution in [3.8, 4) is 0 Å². The molecule has 23 heavy (non-hydrogen) atoms. The second kappa shape index (κ2) is 3.85. The van der Waals surface area contributed by atoms with Crippen LogP contribution in [0.4, 0.5) is 11.4 Å². The first kappa shape index (κ1) is 12.9. The molecule has 1 aliphatic carbocycles. The normalized spacial score (nSPS) is 30.1. The third-order valence-corrected chi connectivity index (χ3v) is 5.72. The monoisotopic (exact) mass is 300 g/mol. The van der Waals surface area contributed by atoms with E-state index in [2.05, 4.69) is 13.0 Å². The minimum Gasteiger partial charge on any atom is -0.291 e. The number of rotatable bonds is 0. The zero-order valence-electron chi connectivity index (χ0n) is 13.1. The third-order valence-electron chi connectivity index (χ3n) is 5.72. The molecule has 5 rings (SSSR count). The van der Waals surface area contributed by atoms with Gasteiger partial charge in [0.2, 0.25) is 0 Å². The van der Waals surface area contributed by atoms with Crippen LogP contribution in [0, 0.1) is 0 Å². The van der Waals surface area contributed by atoms with Crippen molar-refractivity contribution < 1.29 is 4.79 Å². The van der Waals surface area contributed by atoms with Gasteiger partial charge in [0.1, 0.15) is 0 Å². The Hall–Kier alpha value is -2.55. The summed E-state index contributed by atoms with van der Waals surface area (Å²) < 4.78 is 0. The number of benzene rings is 2. The SMILES string of the molecule is CC12CC3=Nc4ccccc4C3(C)C(=O)C1=Nc1ccccc12. The Bertz CT molecular complexity index is 956. The Kier molecular flexibility index (Phi) is 2.17. The molecule has 2 aromatic rings. The predicted molar refractivity (Wildman–Crippen MR) is 91.4 cm³/mol. The third kappa shape index (κ3) is 1.34. The number of Topliss-reactive ketones (excluding diaryl/α,β-unsaturated/α-hetero) is 1. The van der Waals surface area contributed by atoms with Crippen molar-refractivity contribution in [2.75, 3.05) is 0 Å². The van der Waals surface area contributed by atoms with Crippen LogP contribution in [0.1, 0.15) is 31.4 Å². The van der Waals surface area contributed by atoms with E-state index >= 15 is 0 Å². The standard InChI is InChI=1S/C20H16N2O/c1-19-11-16-20(2,13-8-4-6-10-15(13)21-16)18(23)17(19)22-14-9-5-3-7-12(14)19/h3-10H,11H2,1-2H3. The van der Waals surface area contributed by atoms with Crippen molar-refractivity contribution in [3.63, 3.8) is 0 Å². The van der Waals surface area contributed by atoms with Crippen LogP contribution in [0.15, 0.2) is 58.5 Å². The molecule has 0 bridgehead atoms. The van der Waals surface area contributed by atoms with Gasteiger partial charge < -0.3 is 0 Å². The molecule has 2 aromatic carbocycles. The molecule has 0 saturated heterocycles. The van der Waals surface area contributed by atoms with Gasteiger partial charge in [-0.1, -0.05) is 36.4 Å². The maximum absolute atomic E-state index is 13.4. The molecule has 3 heteroatoms. The van der Waals surface area contributed by atoms with E-state index in [1.54, 1.807) is 0 Å². The molecule has 0 spiro atoms. The lowest BCUT2D eigenvalue weighted by Crippen LogP contribution is -2.55. The molecule has 0 N–H and O–H groups in total. The first-order chi connectivity index (χ1) is 11.0. The van der Waals surface area contributed by atoms with E-state index in [0.29, 0.717) is 5.71 Å². The summed E-state index contributed by atoms with van der Waals surface area (Å²) in [6.45, 7) is 4.13. The highest BCUT2D eigenvalue weighted by Crippen LogP contribution is 2.53. The molecular formula is C20H16N2O. The molecule has 1 fully saturated rings. The van der Waals surface area contributed by atoms with Crippen molar-refractivity contribution in [1.29, 1.82) is 0 Å². The summed E-state index contributed by atoms with van der Waals surface area (Å²) in [6, 6.07) is 16.0. The second-order valence-corrected chi connectivity index (χ2v) is 7.02. The Morgan fingerprint density at radius 2 is 1.48 bits per heavy atom. The molecule has 0 radical (unpaired) electrons. The summed E-state index contributed by atoms with van der Waals surface area (Å²) in [5.74, 6) is 0.103. The van der Waals surface area contributed by atoms with Crippen LogP contribution < -0.4 is 0 Å². The second-order valence-electron chi connectivity index (χ2n) is 7.02. The molecule has 2 aliphatic heterocycles. The highest BCUT2D eigenvalue weighted by molar-refractivity contribution is 6.54. The quantitative estimate of drug-likeness (QED) is 0.723. The van der Waals surface area contributed by atoms with Gasteiger partial charge in [0, 0.05) is 17.5 Å². The summed E-state index contributed by atoms with van der Waals surface area (Å²) >= 11 is 0. The van der Waals surface area contributed by atoms with Gasteiger partial charge in [-0.05, 0) is 37.1 Å². The summed E-state index contributed by atoms with van der Waals surface area (Å²) in [5, 5.41) is 0. The lowest BCUT2D eigenvalue weighted by atomic mass is 9.59. The highest BCUT2D eigenvalue weighted by Gasteiger charge is 2.58. The fourth-order valence-corrected chi connectivity index (χ4v) is 4.34. The predicted octanol–water partition coefficient (Wildman–Crippen LogP) is 4.05. The molecule has 1 saturated carbocycles. The number of para-hydroxylation sites is 2. The Morgan fingerprint density at radius 3 is 2.22 bits per heavy atom. The number of carbonyl (C=O) groups excluding carboxylic acids is 1. The van der Waals surface area contributed by atoms with E-state index in [1.807, 2.05) is 49.4 Å². The topological polar surface area (TPSA) is 41.8 Å². The molecule has 2 atom stereocenters. The van der Waals surface area contributed by atoms with Gasteiger partial charge in [-0.2, -0.15) is 0 Å². The molecule has 2 unspecified atom stereocenters. The van der Waals surface area contributed by atoms with E-state index in [0.717, 1.165) is 34.6 Å². The number of aliphatic imine (C=N–C) groups is 2. The molecule has 3 aliphatic rings. The fourth-order valence-electron chi connectivity index (χ4n) is 4.34. The first-order valence-electron chi connectivity index (χ1n) is 7.96. The average molecular weight is 300 g/mol. The smallest absolute Gasteiger partial charge is 0.193 e. The number of fused-ring (bicyclic) bond motifs is 6. The van der Waals surface area contributed by atoms with Crippen LogP contribution in [-0.2, 0) is 15.6 Å². The van der Waals surface area contributed by atoms with E-state index in [1.165, 1.54) is 0 Å². The Balaban J connectivity index is 1.77. The van der Waals surface area contributed by atoms with E-state index in [4.69, 9.17) is 9.98 Å². The number of carbonyl (C=O) groups is 1. The summed E-state index contributed by atoms with van der Waals surface area (Å²) in [5.41, 5.74) is 4.67. The van der Waals surface area contributed by atoms with Gasteiger partial charge >= 0.3 is 0 Å². The largest absolute Gasteiger partial charge is 0.291 e. The zero-order valence-corrected chi connectivity index (χ0v) is 13.1. The molecule has 0 aromatic heterocycles. The number of nitrogens with zero attached hydrogens (tertiary/aromatic N) is 2. The van der Waals surface area contributed by atoms with Crippen molar-refractivity contribution in [3.05, 3.63) is 59.7 Å². The Labute approximate surface area is 134 Å². The van der Waals surface area contributed by atoms with Crippen LogP contribution in [-0.4, -0.2) is 17.2 Å². The van der Waals surface area contributed by atoms with Gasteiger partial charge in [0.15, 0.2) is 5.78 Å². The Morgan fingerprint density at radius 1 is 0.870 bits per heavy atom. The maximum Gasteiger partial charge on any atom is 0.193 e. The minimum atomic E-state index is -0.656. The van der Waals surface area contributed by atoms with Crippen molar-refractivity contribution in [2.24, 2.45) is 9.98 Å². The fraction of sp³-hybridized carbons (Fsp3) is 0.250. The van der Waals surface area contributed by atoms with E-state index in [-0.39, 0.29) is 11.2 Å². The minimum absolute atomic E-state index is 0.103. The van der Waals surface area contributed by atoms with Crippen LogP contribution in [0.3, 0.4) is 0 Å². The number of hydrogen-bond acceptors (Lipinski definition) is 3. The molecular weight excluding hydrogens is 284 g/mol. The summed E-state index contributed by atoms with van der Waals surface area (Å²) in [6.07, 6.45) is 0.750. The van der Waals surface area contributed by atoms with Crippen molar-refractivity contribution >= 4 is 28.6 Å². The van der Waals surface area contributed by atoms with Crippen molar-refractivity contribution in [1.82, 2.24) is 0 Å². The van der Waals surface area contributed by atoms with Gasteiger partial charge in [0.25, 0.3) is 0 Å². The number of hydrogen-bond donors (Lipinski definition) is 0. The first-order valence-corrected chi connectivity index (χ1v) is 7.96. The van der Waals surface area contributed by atoms with E-state index < -0.39 is 5.41 Å².